The Morgan fingerprint density at radius 2 is 2.00 bits per heavy atom. The molecule has 1 aliphatic heterocycles. The summed E-state index contributed by atoms with van der Waals surface area (Å²) in [4.78, 5) is 13.8. The molecular formula is C17H25ClN2OS. The van der Waals surface area contributed by atoms with Crippen molar-refractivity contribution in [2.24, 2.45) is 11.7 Å². The minimum Gasteiger partial charge on any atom is -0.351 e. The number of nitrogens with two attached hydrogens (primary N) is 1. The summed E-state index contributed by atoms with van der Waals surface area (Å²) in [6.07, 6.45) is 7.14. The van der Waals surface area contributed by atoms with Gasteiger partial charge in [-0.15, -0.1) is 24.2 Å². The molecule has 22 heavy (non-hydrogen) atoms. The van der Waals surface area contributed by atoms with Crippen molar-refractivity contribution in [3.05, 3.63) is 29.8 Å². The van der Waals surface area contributed by atoms with Gasteiger partial charge in [0.25, 0.3) is 0 Å². The van der Waals surface area contributed by atoms with E-state index in [4.69, 9.17) is 5.73 Å². The van der Waals surface area contributed by atoms with E-state index in [0.717, 1.165) is 6.42 Å². The van der Waals surface area contributed by atoms with Gasteiger partial charge < -0.3 is 11.1 Å². The number of benzene rings is 1. The molecule has 1 aliphatic carbocycles. The van der Waals surface area contributed by atoms with Crippen LogP contribution >= 0.6 is 24.2 Å². The van der Waals surface area contributed by atoms with Crippen LogP contribution in [0.2, 0.25) is 0 Å². The van der Waals surface area contributed by atoms with Crippen LogP contribution in [0.4, 0.5) is 0 Å². The number of amides is 1. The Morgan fingerprint density at radius 3 is 2.68 bits per heavy atom. The molecule has 3 N–H and O–H groups in total. The molecule has 1 fully saturated rings. The summed E-state index contributed by atoms with van der Waals surface area (Å²) in [5.74, 6) is 0.735. The average Bonchev–Trinajstić information content (AvgIpc) is 2.97. The van der Waals surface area contributed by atoms with E-state index in [1.165, 1.54) is 42.6 Å². The summed E-state index contributed by atoms with van der Waals surface area (Å²) in [6, 6.07) is 8.47. The van der Waals surface area contributed by atoms with Crippen molar-refractivity contribution in [2.75, 3.05) is 6.54 Å². The van der Waals surface area contributed by atoms with Crippen molar-refractivity contribution in [1.29, 1.82) is 0 Å². The average molecular weight is 341 g/mol. The number of fused-ring (bicyclic) bond motifs is 1. The molecule has 3 nitrogen and oxygen atoms in total. The van der Waals surface area contributed by atoms with Gasteiger partial charge >= 0.3 is 0 Å². The van der Waals surface area contributed by atoms with E-state index in [9.17, 15) is 4.79 Å². The number of hydrogen-bond acceptors (Lipinski definition) is 3. The molecule has 1 saturated carbocycles. The highest BCUT2D eigenvalue weighted by Gasteiger charge is 2.31. The lowest BCUT2D eigenvalue weighted by Gasteiger charge is -2.30. The van der Waals surface area contributed by atoms with E-state index in [0.29, 0.717) is 12.5 Å². The molecule has 1 aromatic carbocycles. The summed E-state index contributed by atoms with van der Waals surface area (Å²) in [6.45, 7) is 0.556. The van der Waals surface area contributed by atoms with Crippen LogP contribution < -0.4 is 11.1 Å². The van der Waals surface area contributed by atoms with Crippen LogP contribution in [0.1, 0.15) is 37.7 Å². The molecule has 2 atom stereocenters. The van der Waals surface area contributed by atoms with E-state index in [-0.39, 0.29) is 29.6 Å². The largest absolute Gasteiger partial charge is 0.351 e. The van der Waals surface area contributed by atoms with Crippen LogP contribution in [0.15, 0.2) is 29.2 Å². The quantitative estimate of drug-likeness (QED) is 0.885. The molecule has 1 aromatic rings. The molecule has 2 aliphatic rings. The van der Waals surface area contributed by atoms with Gasteiger partial charge in [0, 0.05) is 17.5 Å². The SMILES string of the molecule is Cl.NCC(NC(=O)C1Cc2ccccc2S1)C1CCCCC1. The number of rotatable bonds is 4. The van der Waals surface area contributed by atoms with Crippen molar-refractivity contribution >= 4 is 30.1 Å². The highest BCUT2D eigenvalue weighted by Crippen LogP contribution is 2.37. The Morgan fingerprint density at radius 1 is 1.27 bits per heavy atom. The molecule has 0 spiro atoms. The lowest BCUT2D eigenvalue weighted by molar-refractivity contribution is -0.121. The van der Waals surface area contributed by atoms with Crippen LogP contribution in [0.25, 0.3) is 0 Å². The summed E-state index contributed by atoms with van der Waals surface area (Å²) >= 11 is 1.69. The van der Waals surface area contributed by atoms with Crippen LogP contribution in [0.5, 0.6) is 0 Å². The first kappa shape index (κ1) is 17.6. The van der Waals surface area contributed by atoms with Gasteiger partial charge in [0.15, 0.2) is 0 Å². The van der Waals surface area contributed by atoms with Crippen molar-refractivity contribution in [2.45, 2.75) is 54.7 Å². The second-order valence-electron chi connectivity index (χ2n) is 6.17. The fourth-order valence-corrected chi connectivity index (χ4v) is 4.71. The lowest BCUT2D eigenvalue weighted by atomic mass is 9.84. The van der Waals surface area contributed by atoms with Gasteiger partial charge in [0.2, 0.25) is 5.91 Å². The van der Waals surface area contributed by atoms with Gasteiger partial charge in [-0.05, 0) is 36.8 Å². The maximum Gasteiger partial charge on any atom is 0.234 e. The lowest BCUT2D eigenvalue weighted by Crippen LogP contribution is -2.48. The first-order valence-electron chi connectivity index (χ1n) is 8.03. The van der Waals surface area contributed by atoms with E-state index in [1.54, 1.807) is 11.8 Å². The fraction of sp³-hybridized carbons (Fsp3) is 0.588. The van der Waals surface area contributed by atoms with E-state index in [2.05, 4.69) is 17.4 Å². The number of nitrogens with one attached hydrogen (secondary N) is 1. The summed E-state index contributed by atoms with van der Waals surface area (Å²) in [7, 11) is 0. The number of halogens is 1. The molecular weight excluding hydrogens is 316 g/mol. The Labute approximate surface area is 143 Å². The van der Waals surface area contributed by atoms with Gasteiger partial charge in [-0.3, -0.25) is 4.79 Å². The maximum absolute atomic E-state index is 12.5. The number of carbonyl (C=O) groups excluding carboxylic acids is 1. The van der Waals surface area contributed by atoms with Gasteiger partial charge in [0.1, 0.15) is 0 Å². The normalized spacial score (nSPS) is 22.5. The van der Waals surface area contributed by atoms with Gasteiger partial charge in [0.05, 0.1) is 5.25 Å². The predicted molar refractivity (Wildman–Crippen MR) is 94.6 cm³/mol. The molecule has 3 rings (SSSR count). The van der Waals surface area contributed by atoms with Crippen LogP contribution in [-0.2, 0) is 11.2 Å². The molecule has 5 heteroatoms. The van der Waals surface area contributed by atoms with Crippen LogP contribution in [0, 0.1) is 5.92 Å². The number of hydrogen-bond donors (Lipinski definition) is 2. The molecule has 0 saturated heterocycles. The number of thioether (sulfide) groups is 1. The highest BCUT2D eigenvalue weighted by atomic mass is 35.5. The molecule has 0 aromatic heterocycles. The zero-order valence-electron chi connectivity index (χ0n) is 12.8. The summed E-state index contributed by atoms with van der Waals surface area (Å²) < 4.78 is 0. The Balaban J connectivity index is 0.00000176. The smallest absolute Gasteiger partial charge is 0.234 e. The zero-order valence-corrected chi connectivity index (χ0v) is 14.4. The van der Waals surface area contributed by atoms with Crippen molar-refractivity contribution in [3.8, 4) is 0 Å². The minimum absolute atomic E-state index is 0. The van der Waals surface area contributed by atoms with Gasteiger partial charge in [-0.2, -0.15) is 0 Å². The van der Waals surface area contributed by atoms with E-state index >= 15 is 0 Å². The Hall–Kier alpha value is -0.710. The third-order valence-corrected chi connectivity index (χ3v) is 6.06. The Bertz CT molecular complexity index is 480. The molecule has 2 unspecified atom stereocenters. The first-order chi connectivity index (χ1) is 10.3. The summed E-state index contributed by atoms with van der Waals surface area (Å²) in [5, 5.41) is 3.24. The molecule has 122 valence electrons. The molecule has 1 amide bonds. The highest BCUT2D eigenvalue weighted by molar-refractivity contribution is 8.01. The van der Waals surface area contributed by atoms with Gasteiger partial charge in [-0.1, -0.05) is 37.5 Å². The monoisotopic (exact) mass is 340 g/mol. The Kier molecular flexibility index (Phi) is 6.60. The summed E-state index contributed by atoms with van der Waals surface area (Å²) in [5.41, 5.74) is 7.21. The second-order valence-corrected chi connectivity index (χ2v) is 7.41. The predicted octanol–water partition coefficient (Wildman–Crippen LogP) is 3.15. The van der Waals surface area contributed by atoms with Crippen molar-refractivity contribution in [3.63, 3.8) is 0 Å². The molecule has 0 radical (unpaired) electrons. The van der Waals surface area contributed by atoms with E-state index < -0.39 is 0 Å². The van der Waals surface area contributed by atoms with Gasteiger partial charge in [-0.25, -0.2) is 0 Å². The van der Waals surface area contributed by atoms with E-state index in [1.807, 2.05) is 12.1 Å². The second kappa shape index (κ2) is 8.23. The third kappa shape index (κ3) is 3.98. The van der Waals surface area contributed by atoms with Crippen LogP contribution in [0.3, 0.4) is 0 Å². The number of carbonyl (C=O) groups is 1. The fourth-order valence-electron chi connectivity index (χ4n) is 3.51. The minimum atomic E-state index is 0. The first-order valence-corrected chi connectivity index (χ1v) is 8.91. The molecule has 0 bridgehead atoms. The zero-order chi connectivity index (χ0) is 14.7. The van der Waals surface area contributed by atoms with Crippen molar-refractivity contribution in [1.82, 2.24) is 5.32 Å². The third-order valence-electron chi connectivity index (χ3n) is 4.74. The standard InChI is InChI=1S/C17H24N2OS.ClH/c18-11-14(12-6-2-1-3-7-12)19-17(20)16-10-13-8-4-5-9-15(13)21-16;/h4-5,8-9,12,14,16H,1-3,6-7,10-11,18H2,(H,19,20);1H. The maximum atomic E-state index is 12.5. The topological polar surface area (TPSA) is 55.1 Å². The molecule has 1 heterocycles. The van der Waals surface area contributed by atoms with Crippen molar-refractivity contribution < 1.29 is 4.79 Å². The van der Waals surface area contributed by atoms with Crippen LogP contribution in [-0.4, -0.2) is 23.7 Å².